The molecule has 0 aliphatic rings. The lowest BCUT2D eigenvalue weighted by molar-refractivity contribution is 0.0540. The third-order valence-electron chi connectivity index (χ3n) is 2.58. The summed E-state index contributed by atoms with van der Waals surface area (Å²) in [4.78, 5) is 0. The smallest absolute Gasteiger partial charge is 0.161 e. The van der Waals surface area contributed by atoms with E-state index in [1.165, 1.54) is 0 Å². The van der Waals surface area contributed by atoms with E-state index in [1.54, 1.807) is 14.2 Å². The molecule has 0 amide bonds. The van der Waals surface area contributed by atoms with Gasteiger partial charge in [0.2, 0.25) is 0 Å². The second-order valence-corrected chi connectivity index (χ2v) is 3.98. The van der Waals surface area contributed by atoms with Gasteiger partial charge in [-0.25, -0.2) is 0 Å². The molecule has 0 fully saturated rings. The predicted molar refractivity (Wildman–Crippen MR) is 73.9 cm³/mol. The topological polar surface area (TPSA) is 62.9 Å². The molecular weight excluding hydrogens is 246 g/mol. The zero-order chi connectivity index (χ0) is 13.9. The zero-order valence-corrected chi connectivity index (χ0v) is 11.7. The molecule has 0 radical (unpaired) electrons. The van der Waals surface area contributed by atoms with E-state index in [9.17, 15) is 0 Å². The predicted octanol–water partition coefficient (Wildman–Crippen LogP) is 1.24. The summed E-state index contributed by atoms with van der Waals surface area (Å²) in [7, 11) is 3.27. The zero-order valence-electron chi connectivity index (χ0n) is 11.7. The van der Waals surface area contributed by atoms with Crippen LogP contribution >= 0.6 is 0 Å². The molecule has 0 bridgehead atoms. The highest BCUT2D eigenvalue weighted by atomic mass is 16.5. The Morgan fingerprint density at radius 3 is 2.47 bits per heavy atom. The van der Waals surface area contributed by atoms with Crippen molar-refractivity contribution in [3.63, 3.8) is 0 Å². The summed E-state index contributed by atoms with van der Waals surface area (Å²) >= 11 is 0. The number of nitrogens with two attached hydrogens (primary N) is 1. The summed E-state index contributed by atoms with van der Waals surface area (Å²) in [6.45, 7) is 2.80. The molecule has 0 aromatic heterocycles. The van der Waals surface area contributed by atoms with Crippen molar-refractivity contribution < 1.29 is 18.9 Å². The van der Waals surface area contributed by atoms with Gasteiger partial charge < -0.3 is 24.7 Å². The Bertz CT molecular complexity index is 357. The summed E-state index contributed by atoms with van der Waals surface area (Å²) < 4.78 is 21.1. The normalized spacial score (nSPS) is 10.5. The minimum atomic E-state index is 0.482. The van der Waals surface area contributed by atoms with Crippen molar-refractivity contribution in [3.05, 3.63) is 23.8 Å². The second kappa shape index (κ2) is 9.61. The fraction of sp³-hybridized carbons (Fsp3) is 0.571. The lowest BCUT2D eigenvalue weighted by atomic mass is 10.1. The minimum Gasteiger partial charge on any atom is -0.493 e. The summed E-state index contributed by atoms with van der Waals surface area (Å²) in [6.07, 6.45) is 0.830. The van der Waals surface area contributed by atoms with Gasteiger partial charge in [-0.1, -0.05) is 6.07 Å². The number of hydrogen-bond donors (Lipinski definition) is 1. The van der Waals surface area contributed by atoms with Crippen LogP contribution in [0.25, 0.3) is 0 Å². The van der Waals surface area contributed by atoms with E-state index in [0.717, 1.165) is 23.5 Å². The summed E-state index contributed by atoms with van der Waals surface area (Å²) in [6, 6.07) is 5.85. The van der Waals surface area contributed by atoms with Crippen LogP contribution in [0.1, 0.15) is 5.56 Å². The van der Waals surface area contributed by atoms with Crippen molar-refractivity contribution in [1.82, 2.24) is 0 Å². The minimum absolute atomic E-state index is 0.482. The maximum absolute atomic E-state index is 5.62. The average molecular weight is 269 g/mol. The molecule has 1 aromatic rings. The molecule has 0 saturated carbocycles. The number of ether oxygens (including phenoxy) is 4. The van der Waals surface area contributed by atoms with Crippen molar-refractivity contribution in [2.75, 3.05) is 47.2 Å². The van der Waals surface area contributed by atoms with Crippen LogP contribution in [0, 0.1) is 0 Å². The molecule has 1 rings (SSSR count). The largest absolute Gasteiger partial charge is 0.493 e. The Morgan fingerprint density at radius 1 is 1.00 bits per heavy atom. The van der Waals surface area contributed by atoms with Gasteiger partial charge in [0.1, 0.15) is 6.61 Å². The molecule has 0 unspecified atom stereocenters. The first-order valence-electron chi connectivity index (χ1n) is 6.38. The first kappa shape index (κ1) is 15.8. The summed E-state index contributed by atoms with van der Waals surface area (Å²) in [5.74, 6) is 1.45. The highest BCUT2D eigenvalue weighted by Crippen LogP contribution is 2.28. The summed E-state index contributed by atoms with van der Waals surface area (Å²) in [5.41, 5.74) is 6.67. The first-order valence-corrected chi connectivity index (χ1v) is 6.38. The lowest BCUT2D eigenvalue weighted by Gasteiger charge is -2.12. The highest BCUT2D eigenvalue weighted by Gasteiger charge is 2.05. The van der Waals surface area contributed by atoms with E-state index < -0.39 is 0 Å². The highest BCUT2D eigenvalue weighted by molar-refractivity contribution is 5.43. The molecule has 19 heavy (non-hydrogen) atoms. The standard InChI is InChI=1S/C14H23NO4/c1-16-7-8-18-9-10-19-13-4-3-12(5-6-15)11-14(13)17-2/h3-4,11H,5-10,15H2,1-2H3. The number of hydrogen-bond acceptors (Lipinski definition) is 5. The van der Waals surface area contributed by atoms with E-state index >= 15 is 0 Å². The molecule has 5 heteroatoms. The Morgan fingerprint density at radius 2 is 1.79 bits per heavy atom. The number of methoxy groups -OCH3 is 2. The Labute approximate surface area is 114 Å². The van der Waals surface area contributed by atoms with E-state index in [2.05, 4.69) is 0 Å². The molecule has 0 spiro atoms. The van der Waals surface area contributed by atoms with Crippen molar-refractivity contribution in [1.29, 1.82) is 0 Å². The fourth-order valence-electron chi connectivity index (χ4n) is 1.61. The van der Waals surface area contributed by atoms with Crippen LogP contribution in [-0.4, -0.2) is 47.2 Å². The Hall–Kier alpha value is -1.30. The SMILES string of the molecule is COCCOCCOc1ccc(CCN)cc1OC. The van der Waals surface area contributed by atoms with Gasteiger partial charge in [-0.15, -0.1) is 0 Å². The van der Waals surface area contributed by atoms with Crippen molar-refractivity contribution in [2.24, 2.45) is 5.73 Å². The summed E-state index contributed by atoms with van der Waals surface area (Å²) in [5, 5.41) is 0. The molecule has 0 atom stereocenters. The lowest BCUT2D eigenvalue weighted by Crippen LogP contribution is -2.10. The maximum atomic E-state index is 5.62. The van der Waals surface area contributed by atoms with Gasteiger partial charge in [-0.2, -0.15) is 0 Å². The van der Waals surface area contributed by atoms with Gasteiger partial charge in [0, 0.05) is 7.11 Å². The molecule has 0 aliphatic carbocycles. The monoisotopic (exact) mass is 269 g/mol. The second-order valence-electron chi connectivity index (χ2n) is 3.98. The van der Waals surface area contributed by atoms with E-state index in [0.29, 0.717) is 33.0 Å². The van der Waals surface area contributed by atoms with E-state index in [-0.39, 0.29) is 0 Å². The molecule has 2 N–H and O–H groups in total. The van der Waals surface area contributed by atoms with Gasteiger partial charge in [-0.05, 0) is 30.7 Å². The van der Waals surface area contributed by atoms with Crippen LogP contribution in [0.5, 0.6) is 11.5 Å². The van der Waals surface area contributed by atoms with Crippen LogP contribution < -0.4 is 15.2 Å². The molecule has 1 aromatic carbocycles. The van der Waals surface area contributed by atoms with Crippen molar-refractivity contribution in [3.8, 4) is 11.5 Å². The average Bonchev–Trinajstić information content (AvgIpc) is 2.44. The Balaban J connectivity index is 2.40. The third-order valence-corrected chi connectivity index (χ3v) is 2.58. The van der Waals surface area contributed by atoms with Crippen LogP contribution in [0.15, 0.2) is 18.2 Å². The van der Waals surface area contributed by atoms with Gasteiger partial charge in [0.05, 0.1) is 26.9 Å². The van der Waals surface area contributed by atoms with Crippen LogP contribution in [0.2, 0.25) is 0 Å². The van der Waals surface area contributed by atoms with Crippen molar-refractivity contribution >= 4 is 0 Å². The number of benzene rings is 1. The van der Waals surface area contributed by atoms with E-state index in [4.69, 9.17) is 24.7 Å². The van der Waals surface area contributed by atoms with Crippen LogP contribution in [-0.2, 0) is 15.9 Å². The van der Waals surface area contributed by atoms with Crippen LogP contribution in [0.3, 0.4) is 0 Å². The van der Waals surface area contributed by atoms with Crippen LogP contribution in [0.4, 0.5) is 0 Å². The molecule has 0 saturated heterocycles. The van der Waals surface area contributed by atoms with Gasteiger partial charge >= 0.3 is 0 Å². The van der Waals surface area contributed by atoms with Crippen molar-refractivity contribution in [2.45, 2.75) is 6.42 Å². The molecular formula is C14H23NO4. The molecule has 5 nitrogen and oxygen atoms in total. The molecule has 0 aliphatic heterocycles. The quantitative estimate of drug-likeness (QED) is 0.647. The number of rotatable bonds is 10. The molecule has 0 heterocycles. The first-order chi connectivity index (χ1) is 9.31. The maximum Gasteiger partial charge on any atom is 0.161 e. The van der Waals surface area contributed by atoms with Gasteiger partial charge in [0.25, 0.3) is 0 Å². The van der Waals surface area contributed by atoms with E-state index in [1.807, 2.05) is 18.2 Å². The Kier molecular flexibility index (Phi) is 7.97. The third kappa shape index (κ3) is 5.92. The molecule has 108 valence electrons. The van der Waals surface area contributed by atoms with Gasteiger partial charge in [-0.3, -0.25) is 0 Å². The van der Waals surface area contributed by atoms with Gasteiger partial charge in [0.15, 0.2) is 11.5 Å². The fourth-order valence-corrected chi connectivity index (χ4v) is 1.61.